The van der Waals surface area contributed by atoms with Crippen LogP contribution in [0.5, 0.6) is 0 Å². The van der Waals surface area contributed by atoms with Crippen molar-refractivity contribution in [3.63, 3.8) is 0 Å². The van der Waals surface area contributed by atoms with Crippen LogP contribution in [0.4, 0.5) is 0 Å². The highest BCUT2D eigenvalue weighted by Gasteiger charge is 2.50. The smallest absolute Gasteiger partial charge is 0.348 e. The second-order valence-corrected chi connectivity index (χ2v) is 9.22. The van der Waals surface area contributed by atoms with Crippen molar-refractivity contribution >= 4 is 5.97 Å². The Morgan fingerprint density at radius 1 is 1.09 bits per heavy atom. The second-order valence-electron chi connectivity index (χ2n) is 9.22. The number of likely N-dealkylation sites (tertiary alicyclic amines) is 1. The Hall–Kier alpha value is -3.09. The van der Waals surface area contributed by atoms with Crippen molar-refractivity contribution < 1.29 is 19.1 Å². The highest BCUT2D eigenvalue weighted by atomic mass is 16.6. The number of carbonyl (C=O) groups excluding carboxylic acids is 1. The molecule has 1 N–H and O–H groups in total. The van der Waals surface area contributed by atoms with E-state index in [1.807, 2.05) is 60.9 Å². The molecule has 6 heteroatoms. The van der Waals surface area contributed by atoms with Crippen LogP contribution >= 0.6 is 0 Å². The van der Waals surface area contributed by atoms with E-state index in [2.05, 4.69) is 17.0 Å². The molecule has 32 heavy (non-hydrogen) atoms. The molecule has 2 heterocycles. The topological polar surface area (TPSA) is 72.3 Å². The van der Waals surface area contributed by atoms with Gasteiger partial charge in [-0.25, -0.2) is 14.8 Å². The molecule has 2 aliphatic rings. The first-order valence-corrected chi connectivity index (χ1v) is 11.2. The summed E-state index contributed by atoms with van der Waals surface area (Å²) in [7, 11) is 2.21. The van der Waals surface area contributed by atoms with E-state index < -0.39 is 11.6 Å². The van der Waals surface area contributed by atoms with Crippen molar-refractivity contribution in [3.05, 3.63) is 83.9 Å². The van der Waals surface area contributed by atoms with Gasteiger partial charge in [0.25, 0.3) is 0 Å². The van der Waals surface area contributed by atoms with Gasteiger partial charge in [0.15, 0.2) is 6.10 Å². The molecule has 5 rings (SSSR count). The van der Waals surface area contributed by atoms with Gasteiger partial charge in [-0.15, -0.1) is 0 Å². The Bertz CT molecular complexity index is 1090. The normalized spacial score (nSPS) is 23.2. The molecule has 1 unspecified atom stereocenters. The molecule has 0 spiro atoms. The molecule has 2 atom stereocenters. The summed E-state index contributed by atoms with van der Waals surface area (Å²) in [6.45, 7) is 2.70. The maximum atomic E-state index is 13.5. The van der Waals surface area contributed by atoms with Crippen LogP contribution in [-0.4, -0.2) is 58.3 Å². The number of likely N-dealkylation sites (N-methyl/N-ethyl adjacent to an activating group) is 1. The zero-order chi connectivity index (χ0) is 22.2. The van der Waals surface area contributed by atoms with Crippen LogP contribution in [0, 0.1) is 0 Å². The van der Waals surface area contributed by atoms with Gasteiger partial charge in [-0.3, -0.25) is 0 Å². The first-order valence-electron chi connectivity index (χ1n) is 11.2. The predicted octanol–water partition coefficient (Wildman–Crippen LogP) is 3.09. The number of hydrogen-bond acceptors (Lipinski definition) is 5. The summed E-state index contributed by atoms with van der Waals surface area (Å²) in [6.07, 6.45) is 7.69. The minimum Gasteiger partial charge on any atom is -0.454 e. The largest absolute Gasteiger partial charge is 0.454 e. The number of hydrogen-bond donors (Lipinski definition) is 1. The first-order chi connectivity index (χ1) is 15.5. The standard InChI is InChI=1S/C26H28N3O3/c1-29(14-12-19-15-27-18-28-16-19)13-6-7-20(17-29)32-25(30)26(31)23-10-4-2-8-21(23)22-9-3-5-11-24(22)26/h2-5,8-11,15-16,18,20,31H,6-7,12-14,17H2,1H3/q+1/t20-,29?/m1/s1. The number of rotatable bonds is 5. The number of aromatic nitrogens is 2. The van der Waals surface area contributed by atoms with E-state index in [4.69, 9.17) is 4.74 Å². The Morgan fingerprint density at radius 3 is 2.38 bits per heavy atom. The summed E-state index contributed by atoms with van der Waals surface area (Å²) in [5, 5.41) is 11.7. The Balaban J connectivity index is 1.34. The second kappa shape index (κ2) is 8.11. The fraction of sp³-hybridized carbons (Fsp3) is 0.346. The average Bonchev–Trinajstić information content (AvgIpc) is 3.09. The third-order valence-corrected chi connectivity index (χ3v) is 6.92. The number of nitrogens with zero attached hydrogens (tertiary/aromatic N) is 3. The molecule has 0 radical (unpaired) electrons. The lowest BCUT2D eigenvalue weighted by Gasteiger charge is -2.41. The maximum Gasteiger partial charge on any atom is 0.348 e. The minimum atomic E-state index is -1.77. The van der Waals surface area contributed by atoms with Crippen molar-refractivity contribution in [2.75, 3.05) is 26.7 Å². The van der Waals surface area contributed by atoms with Crippen molar-refractivity contribution in [2.45, 2.75) is 31.0 Å². The number of benzene rings is 2. The van der Waals surface area contributed by atoms with Crippen LogP contribution in [0.1, 0.15) is 29.5 Å². The number of piperidine rings is 1. The van der Waals surface area contributed by atoms with Gasteiger partial charge in [0, 0.05) is 36.4 Å². The van der Waals surface area contributed by atoms with Crippen LogP contribution in [-0.2, 0) is 21.6 Å². The van der Waals surface area contributed by atoms with Gasteiger partial charge in [0.1, 0.15) is 12.9 Å². The first kappa shape index (κ1) is 20.8. The molecule has 6 nitrogen and oxygen atoms in total. The van der Waals surface area contributed by atoms with Crippen molar-refractivity contribution in [3.8, 4) is 11.1 Å². The zero-order valence-corrected chi connectivity index (χ0v) is 18.3. The van der Waals surface area contributed by atoms with Gasteiger partial charge >= 0.3 is 5.97 Å². The summed E-state index contributed by atoms with van der Waals surface area (Å²) in [6, 6.07) is 15.1. The Kier molecular flexibility index (Phi) is 5.27. The highest BCUT2D eigenvalue weighted by molar-refractivity contribution is 5.96. The number of aliphatic hydroxyl groups is 1. The lowest BCUT2D eigenvalue weighted by atomic mass is 9.91. The molecule has 3 aromatic rings. The van der Waals surface area contributed by atoms with E-state index >= 15 is 0 Å². The summed E-state index contributed by atoms with van der Waals surface area (Å²) < 4.78 is 6.83. The molecule has 0 saturated carbocycles. The highest BCUT2D eigenvalue weighted by Crippen LogP contribution is 2.48. The Labute approximate surface area is 188 Å². The van der Waals surface area contributed by atoms with E-state index in [0.717, 1.165) is 60.1 Å². The quantitative estimate of drug-likeness (QED) is 0.498. The maximum absolute atomic E-state index is 13.5. The minimum absolute atomic E-state index is 0.225. The van der Waals surface area contributed by atoms with Gasteiger partial charge in [-0.1, -0.05) is 48.5 Å². The van der Waals surface area contributed by atoms with Crippen LogP contribution < -0.4 is 0 Å². The summed E-state index contributed by atoms with van der Waals surface area (Å²) in [4.78, 5) is 21.7. The number of carbonyl (C=O) groups is 1. The van der Waals surface area contributed by atoms with E-state index in [0.29, 0.717) is 11.1 Å². The van der Waals surface area contributed by atoms with Crippen LogP contribution in [0.25, 0.3) is 11.1 Å². The molecule has 1 fully saturated rings. The number of ether oxygens (including phenoxy) is 1. The monoisotopic (exact) mass is 430 g/mol. The fourth-order valence-electron chi connectivity index (χ4n) is 5.20. The number of fused-ring (bicyclic) bond motifs is 3. The molecular weight excluding hydrogens is 402 g/mol. The van der Waals surface area contributed by atoms with Gasteiger partial charge in [0.05, 0.1) is 20.1 Å². The molecule has 0 amide bonds. The predicted molar refractivity (Wildman–Crippen MR) is 121 cm³/mol. The molecule has 1 aliphatic heterocycles. The van der Waals surface area contributed by atoms with Crippen LogP contribution in [0.15, 0.2) is 67.3 Å². The van der Waals surface area contributed by atoms with E-state index in [-0.39, 0.29) is 6.10 Å². The third kappa shape index (κ3) is 3.59. The van der Waals surface area contributed by atoms with Crippen molar-refractivity contribution in [2.24, 2.45) is 0 Å². The number of esters is 1. The third-order valence-electron chi connectivity index (χ3n) is 6.92. The molecule has 0 bridgehead atoms. The molecule has 164 valence electrons. The zero-order valence-electron chi connectivity index (χ0n) is 18.3. The van der Waals surface area contributed by atoms with Crippen molar-refractivity contribution in [1.29, 1.82) is 0 Å². The van der Waals surface area contributed by atoms with Gasteiger partial charge in [0.2, 0.25) is 5.60 Å². The molecular formula is C26H28N3O3+. The van der Waals surface area contributed by atoms with Crippen molar-refractivity contribution in [1.82, 2.24) is 9.97 Å². The molecule has 1 aliphatic carbocycles. The average molecular weight is 431 g/mol. The lowest BCUT2D eigenvalue weighted by Crippen LogP contribution is -2.55. The van der Waals surface area contributed by atoms with Gasteiger partial charge in [-0.2, -0.15) is 0 Å². The van der Waals surface area contributed by atoms with E-state index in [9.17, 15) is 9.90 Å². The van der Waals surface area contributed by atoms with E-state index in [1.54, 1.807) is 6.33 Å². The summed E-state index contributed by atoms with van der Waals surface area (Å²) in [5.41, 5.74) is 2.31. The Morgan fingerprint density at radius 2 is 1.72 bits per heavy atom. The molecule has 1 saturated heterocycles. The van der Waals surface area contributed by atoms with Crippen LogP contribution in [0.3, 0.4) is 0 Å². The fourth-order valence-corrected chi connectivity index (χ4v) is 5.20. The summed E-state index contributed by atoms with van der Waals surface area (Å²) in [5.74, 6) is -0.579. The van der Waals surface area contributed by atoms with Gasteiger partial charge < -0.3 is 14.3 Å². The lowest BCUT2D eigenvalue weighted by molar-refractivity contribution is -0.916. The van der Waals surface area contributed by atoms with Crippen LogP contribution in [0.2, 0.25) is 0 Å². The SMILES string of the molecule is C[N+]1(CCc2cncnc2)CCC[C@@H](OC(=O)C2(O)c3ccccc3-c3ccccc32)C1. The number of quaternary nitrogens is 1. The molecule has 2 aromatic carbocycles. The van der Waals surface area contributed by atoms with Gasteiger partial charge in [-0.05, 0) is 23.1 Å². The summed E-state index contributed by atoms with van der Waals surface area (Å²) >= 11 is 0. The van der Waals surface area contributed by atoms with E-state index in [1.165, 1.54) is 0 Å². The molecule has 1 aromatic heterocycles.